The highest BCUT2D eigenvalue weighted by molar-refractivity contribution is 7.26. The highest BCUT2D eigenvalue weighted by atomic mass is 32.1. The Morgan fingerprint density at radius 1 is 0.408 bits per heavy atom. The van der Waals surface area contributed by atoms with Crippen molar-refractivity contribution in [2.75, 3.05) is 4.90 Å². The van der Waals surface area contributed by atoms with E-state index < -0.39 is 0 Å². The van der Waals surface area contributed by atoms with Gasteiger partial charge in [0.1, 0.15) is 0 Å². The molecule has 0 spiro atoms. The van der Waals surface area contributed by atoms with Gasteiger partial charge in [0, 0.05) is 43.3 Å². The second kappa shape index (κ2) is 11.2. The van der Waals surface area contributed by atoms with Crippen LogP contribution in [0.1, 0.15) is 0 Å². The summed E-state index contributed by atoms with van der Waals surface area (Å²) in [6, 6.07) is 66.2. The third kappa shape index (κ3) is 4.55. The number of anilines is 3. The predicted molar refractivity (Wildman–Crippen MR) is 211 cm³/mol. The molecule has 230 valence electrons. The van der Waals surface area contributed by atoms with Crippen LogP contribution in [0.15, 0.2) is 182 Å². The van der Waals surface area contributed by atoms with E-state index in [0.29, 0.717) is 0 Å². The summed E-state index contributed by atoms with van der Waals surface area (Å²) in [5.74, 6) is 0. The number of fused-ring (bicyclic) bond motifs is 7. The summed E-state index contributed by atoms with van der Waals surface area (Å²) in [5.41, 5.74) is 9.39. The van der Waals surface area contributed by atoms with Crippen LogP contribution in [0, 0.1) is 0 Å². The number of benzene rings is 8. The fraction of sp³-hybridized carbons (Fsp3) is 0. The fourth-order valence-electron chi connectivity index (χ4n) is 7.46. The first kappa shape index (κ1) is 27.9. The molecule has 0 saturated heterocycles. The molecule has 0 atom stereocenters. The highest BCUT2D eigenvalue weighted by Gasteiger charge is 2.21. The molecule has 2 heterocycles. The largest absolute Gasteiger partial charge is 0.309 e. The number of hydrogen-bond acceptors (Lipinski definition) is 2. The summed E-state index contributed by atoms with van der Waals surface area (Å²) in [6.45, 7) is 0. The topological polar surface area (TPSA) is 8.17 Å². The van der Waals surface area contributed by atoms with E-state index >= 15 is 0 Å². The van der Waals surface area contributed by atoms with Crippen LogP contribution in [0.2, 0.25) is 0 Å². The molecule has 49 heavy (non-hydrogen) atoms. The van der Waals surface area contributed by atoms with Crippen molar-refractivity contribution in [3.63, 3.8) is 0 Å². The molecule has 0 aliphatic carbocycles. The zero-order valence-corrected chi connectivity index (χ0v) is 27.4. The molecule has 0 radical (unpaired) electrons. The predicted octanol–water partition coefficient (Wildman–Crippen LogP) is 13.4. The minimum atomic E-state index is 1.12. The quantitative estimate of drug-likeness (QED) is 0.181. The molecule has 0 aliphatic rings. The van der Waals surface area contributed by atoms with Crippen molar-refractivity contribution >= 4 is 81.1 Å². The smallest absolute Gasteiger partial charge is 0.0640 e. The summed E-state index contributed by atoms with van der Waals surface area (Å²) in [7, 11) is 0. The van der Waals surface area contributed by atoms with Crippen molar-refractivity contribution in [3.05, 3.63) is 182 Å². The first-order valence-corrected chi connectivity index (χ1v) is 17.5. The van der Waals surface area contributed by atoms with E-state index in [1.807, 2.05) is 11.3 Å². The molecule has 0 unspecified atom stereocenters. The van der Waals surface area contributed by atoms with Crippen LogP contribution in [0.5, 0.6) is 0 Å². The van der Waals surface area contributed by atoms with Crippen molar-refractivity contribution in [1.82, 2.24) is 4.57 Å². The molecule has 2 nitrogen and oxygen atoms in total. The van der Waals surface area contributed by atoms with E-state index in [4.69, 9.17) is 0 Å². The Bertz CT molecular complexity index is 2810. The lowest BCUT2D eigenvalue weighted by Gasteiger charge is -2.26. The highest BCUT2D eigenvalue weighted by Crippen LogP contribution is 2.46. The van der Waals surface area contributed by atoms with Crippen LogP contribution in [0.3, 0.4) is 0 Å². The van der Waals surface area contributed by atoms with Crippen LogP contribution in [-0.4, -0.2) is 4.57 Å². The van der Waals surface area contributed by atoms with Gasteiger partial charge >= 0.3 is 0 Å². The second-order valence-corrected chi connectivity index (χ2v) is 13.6. The van der Waals surface area contributed by atoms with Gasteiger partial charge in [-0.2, -0.15) is 0 Å². The summed E-state index contributed by atoms with van der Waals surface area (Å²) < 4.78 is 5.01. The number of aromatic nitrogens is 1. The van der Waals surface area contributed by atoms with Crippen LogP contribution in [0.4, 0.5) is 17.1 Å². The fourth-order valence-corrected chi connectivity index (χ4v) is 8.66. The van der Waals surface area contributed by atoms with Crippen molar-refractivity contribution < 1.29 is 0 Å². The molecular weight excluding hydrogens is 613 g/mol. The Balaban J connectivity index is 1.25. The first-order chi connectivity index (χ1) is 24.3. The van der Waals surface area contributed by atoms with E-state index in [1.54, 1.807) is 0 Å². The maximum Gasteiger partial charge on any atom is 0.0640 e. The second-order valence-electron chi connectivity index (χ2n) is 12.6. The van der Waals surface area contributed by atoms with Crippen molar-refractivity contribution in [2.45, 2.75) is 0 Å². The van der Waals surface area contributed by atoms with E-state index in [-0.39, 0.29) is 0 Å². The SMILES string of the molecule is c1ccc(-c2ccc(N(c3ccc4c5cc6ccccc6cc5n(-c5ccccc5)c4c3)c3cccc4c3sc3ccccc34)cc2)cc1. The molecule has 2 aromatic heterocycles. The Labute approximate surface area is 288 Å². The molecule has 0 amide bonds. The van der Waals surface area contributed by atoms with Crippen LogP contribution in [0.25, 0.3) is 69.6 Å². The minimum Gasteiger partial charge on any atom is -0.309 e. The number of hydrogen-bond donors (Lipinski definition) is 0. The molecule has 0 saturated carbocycles. The number of thiophene rings is 1. The Morgan fingerprint density at radius 2 is 1.04 bits per heavy atom. The molecular formula is C46H30N2S. The minimum absolute atomic E-state index is 1.12. The van der Waals surface area contributed by atoms with Gasteiger partial charge in [0.15, 0.2) is 0 Å². The van der Waals surface area contributed by atoms with E-state index in [1.165, 1.54) is 69.6 Å². The number of nitrogens with zero attached hydrogens (tertiary/aromatic N) is 2. The summed E-state index contributed by atoms with van der Waals surface area (Å²) in [4.78, 5) is 2.44. The number of para-hydroxylation sites is 1. The van der Waals surface area contributed by atoms with Gasteiger partial charge in [-0.25, -0.2) is 0 Å². The van der Waals surface area contributed by atoms with Gasteiger partial charge in [0.05, 0.1) is 21.4 Å². The molecule has 10 aromatic rings. The standard InChI is InChI=1S/C46H30N2S/c1-3-12-31(13-4-1)32-22-24-36(25-23-32)47(42-20-11-19-40-39-18-9-10-21-45(39)49-46(40)42)37-26-27-38-41-28-33-14-7-8-15-34(33)29-43(41)48(44(38)30-37)35-16-5-2-6-17-35/h1-30H. The molecule has 0 aliphatic heterocycles. The van der Waals surface area contributed by atoms with Gasteiger partial charge in [-0.3, -0.25) is 0 Å². The van der Waals surface area contributed by atoms with Gasteiger partial charge < -0.3 is 9.47 Å². The lowest BCUT2D eigenvalue weighted by molar-refractivity contribution is 1.18. The lowest BCUT2D eigenvalue weighted by atomic mass is 10.0. The van der Waals surface area contributed by atoms with Gasteiger partial charge in [0.2, 0.25) is 0 Å². The Morgan fingerprint density at radius 3 is 1.86 bits per heavy atom. The van der Waals surface area contributed by atoms with Crippen LogP contribution in [-0.2, 0) is 0 Å². The molecule has 0 N–H and O–H groups in total. The van der Waals surface area contributed by atoms with Crippen molar-refractivity contribution in [2.24, 2.45) is 0 Å². The average Bonchev–Trinajstić information content (AvgIpc) is 3.70. The molecule has 0 bridgehead atoms. The van der Waals surface area contributed by atoms with Gasteiger partial charge in [-0.15, -0.1) is 11.3 Å². The maximum atomic E-state index is 2.44. The summed E-state index contributed by atoms with van der Waals surface area (Å²) in [6.07, 6.45) is 0. The average molecular weight is 643 g/mol. The third-order valence-corrected chi connectivity index (χ3v) is 11.0. The first-order valence-electron chi connectivity index (χ1n) is 16.7. The molecule has 0 fully saturated rings. The molecule has 8 aromatic carbocycles. The Hall–Kier alpha value is -6.16. The van der Waals surface area contributed by atoms with Crippen molar-refractivity contribution in [1.29, 1.82) is 0 Å². The third-order valence-electron chi connectivity index (χ3n) is 9.75. The van der Waals surface area contributed by atoms with Crippen LogP contribution < -0.4 is 4.90 Å². The summed E-state index contributed by atoms with van der Waals surface area (Å²) in [5, 5.41) is 7.59. The van der Waals surface area contributed by atoms with E-state index in [2.05, 4.69) is 191 Å². The molecule has 10 rings (SSSR count). The maximum absolute atomic E-state index is 2.44. The van der Waals surface area contributed by atoms with E-state index in [9.17, 15) is 0 Å². The zero-order valence-electron chi connectivity index (χ0n) is 26.6. The summed E-state index contributed by atoms with van der Waals surface area (Å²) >= 11 is 1.87. The Kier molecular flexibility index (Phi) is 6.39. The van der Waals surface area contributed by atoms with Crippen LogP contribution >= 0.6 is 11.3 Å². The zero-order chi connectivity index (χ0) is 32.3. The van der Waals surface area contributed by atoms with Gasteiger partial charge in [-0.05, 0) is 82.6 Å². The lowest BCUT2D eigenvalue weighted by Crippen LogP contribution is -2.10. The normalized spacial score (nSPS) is 11.7. The van der Waals surface area contributed by atoms with Gasteiger partial charge in [0.25, 0.3) is 0 Å². The monoisotopic (exact) mass is 642 g/mol. The van der Waals surface area contributed by atoms with Gasteiger partial charge in [-0.1, -0.05) is 121 Å². The number of rotatable bonds is 5. The van der Waals surface area contributed by atoms with E-state index in [0.717, 1.165) is 17.1 Å². The molecule has 3 heteroatoms. The van der Waals surface area contributed by atoms with Crippen molar-refractivity contribution in [3.8, 4) is 16.8 Å².